The van der Waals surface area contributed by atoms with Crippen molar-refractivity contribution in [1.82, 2.24) is 0 Å². The van der Waals surface area contributed by atoms with Gasteiger partial charge in [-0.1, -0.05) is 13.0 Å². The van der Waals surface area contributed by atoms with E-state index in [1.807, 2.05) is 6.07 Å². The summed E-state index contributed by atoms with van der Waals surface area (Å²) in [5, 5.41) is 19.2. The first-order valence-electron chi connectivity index (χ1n) is 6.47. The van der Waals surface area contributed by atoms with E-state index < -0.39 is 5.60 Å². The van der Waals surface area contributed by atoms with Crippen LogP contribution in [-0.4, -0.2) is 17.3 Å². The number of rotatable bonds is 3. The predicted octanol–water partition coefficient (Wildman–Crippen LogP) is 2.88. The molecule has 1 saturated carbocycles. The van der Waals surface area contributed by atoms with Crippen molar-refractivity contribution >= 4 is 0 Å². The number of nitriles is 1. The van der Waals surface area contributed by atoms with Gasteiger partial charge in [0.15, 0.2) is 0 Å². The van der Waals surface area contributed by atoms with Crippen molar-refractivity contribution in [3.05, 3.63) is 29.8 Å². The lowest BCUT2D eigenvalue weighted by Gasteiger charge is -2.34. The van der Waals surface area contributed by atoms with Crippen LogP contribution in [0.1, 0.15) is 38.2 Å². The number of nitrogens with zero attached hydrogens (tertiary/aromatic N) is 1. The SMILES string of the molecule is CC1CCC(O)(COc2cccc(C#N)c2)CC1. The Kier molecular flexibility index (Phi) is 3.88. The average Bonchev–Trinajstić information content (AvgIpc) is 2.41. The van der Waals surface area contributed by atoms with Crippen LogP contribution in [0.3, 0.4) is 0 Å². The van der Waals surface area contributed by atoms with Crippen LogP contribution in [0.15, 0.2) is 24.3 Å². The Hall–Kier alpha value is -1.53. The van der Waals surface area contributed by atoms with Gasteiger partial charge in [0.25, 0.3) is 0 Å². The fourth-order valence-electron chi connectivity index (χ4n) is 2.32. The Bertz CT molecular complexity index is 442. The van der Waals surface area contributed by atoms with Crippen molar-refractivity contribution < 1.29 is 9.84 Å². The van der Waals surface area contributed by atoms with Crippen molar-refractivity contribution in [3.63, 3.8) is 0 Å². The van der Waals surface area contributed by atoms with Gasteiger partial charge in [-0.2, -0.15) is 5.26 Å². The quantitative estimate of drug-likeness (QED) is 0.890. The van der Waals surface area contributed by atoms with E-state index in [-0.39, 0.29) is 0 Å². The van der Waals surface area contributed by atoms with Gasteiger partial charge in [0.2, 0.25) is 0 Å². The molecule has 1 N–H and O–H groups in total. The largest absolute Gasteiger partial charge is 0.491 e. The van der Waals surface area contributed by atoms with Crippen LogP contribution in [0.2, 0.25) is 0 Å². The number of hydrogen-bond donors (Lipinski definition) is 1. The first-order chi connectivity index (χ1) is 8.61. The lowest BCUT2D eigenvalue weighted by molar-refractivity contribution is -0.0424. The van der Waals surface area contributed by atoms with E-state index in [0.717, 1.165) is 25.7 Å². The predicted molar refractivity (Wildman–Crippen MR) is 69.2 cm³/mol. The molecule has 1 aromatic rings. The Balaban J connectivity index is 1.93. The standard InChI is InChI=1S/C15H19NO2/c1-12-5-7-15(17,8-6-12)11-18-14-4-2-3-13(9-14)10-16/h2-4,9,12,17H,5-8,11H2,1H3. The fraction of sp³-hybridized carbons (Fsp3) is 0.533. The van der Waals surface area contributed by atoms with E-state index >= 15 is 0 Å². The van der Waals surface area contributed by atoms with Crippen LogP contribution in [0.25, 0.3) is 0 Å². The van der Waals surface area contributed by atoms with Crippen molar-refractivity contribution in [2.75, 3.05) is 6.61 Å². The molecule has 1 aliphatic rings. The molecule has 0 spiro atoms. The molecule has 1 aliphatic carbocycles. The summed E-state index contributed by atoms with van der Waals surface area (Å²) < 4.78 is 5.63. The lowest BCUT2D eigenvalue weighted by Crippen LogP contribution is -2.39. The second-order valence-corrected chi connectivity index (χ2v) is 5.34. The van der Waals surface area contributed by atoms with Gasteiger partial charge in [-0.15, -0.1) is 0 Å². The summed E-state index contributed by atoms with van der Waals surface area (Å²) in [5.74, 6) is 1.35. The number of ether oxygens (including phenoxy) is 1. The third-order valence-corrected chi connectivity index (χ3v) is 3.68. The van der Waals surface area contributed by atoms with Crippen molar-refractivity contribution in [2.45, 2.75) is 38.2 Å². The average molecular weight is 245 g/mol. The van der Waals surface area contributed by atoms with Crippen LogP contribution in [0.5, 0.6) is 5.75 Å². The molecule has 1 aromatic carbocycles. The molecule has 2 rings (SSSR count). The second kappa shape index (κ2) is 5.41. The molecule has 3 nitrogen and oxygen atoms in total. The number of hydrogen-bond acceptors (Lipinski definition) is 3. The van der Waals surface area contributed by atoms with Crippen LogP contribution < -0.4 is 4.74 Å². The third kappa shape index (κ3) is 3.24. The molecule has 0 aromatic heterocycles. The first-order valence-corrected chi connectivity index (χ1v) is 6.47. The molecule has 18 heavy (non-hydrogen) atoms. The zero-order chi connectivity index (χ0) is 13.0. The Morgan fingerprint density at radius 3 is 2.83 bits per heavy atom. The third-order valence-electron chi connectivity index (χ3n) is 3.68. The van der Waals surface area contributed by atoms with Gasteiger partial charge < -0.3 is 9.84 Å². The highest BCUT2D eigenvalue weighted by Crippen LogP contribution is 2.32. The van der Waals surface area contributed by atoms with E-state index in [4.69, 9.17) is 10.00 Å². The second-order valence-electron chi connectivity index (χ2n) is 5.34. The number of aliphatic hydroxyl groups is 1. The summed E-state index contributed by atoms with van der Waals surface area (Å²) in [6.45, 7) is 2.53. The van der Waals surface area contributed by atoms with E-state index in [1.54, 1.807) is 18.2 Å². The minimum atomic E-state index is -0.699. The van der Waals surface area contributed by atoms with Crippen molar-refractivity contribution in [1.29, 1.82) is 5.26 Å². The summed E-state index contributed by atoms with van der Waals surface area (Å²) in [7, 11) is 0. The summed E-state index contributed by atoms with van der Waals surface area (Å²) in [6, 6.07) is 9.13. The minimum Gasteiger partial charge on any atom is -0.491 e. The molecule has 0 saturated heterocycles. The summed E-state index contributed by atoms with van der Waals surface area (Å²) >= 11 is 0. The first kappa shape index (κ1) is 12.9. The molecule has 96 valence electrons. The van der Waals surface area contributed by atoms with Crippen LogP contribution in [-0.2, 0) is 0 Å². The number of benzene rings is 1. The molecule has 3 heteroatoms. The summed E-state index contributed by atoms with van der Waals surface area (Å²) in [4.78, 5) is 0. The molecule has 1 fully saturated rings. The van der Waals surface area contributed by atoms with Crippen LogP contribution in [0.4, 0.5) is 0 Å². The van der Waals surface area contributed by atoms with Gasteiger partial charge in [0.1, 0.15) is 12.4 Å². The smallest absolute Gasteiger partial charge is 0.120 e. The Labute approximate surface area is 108 Å². The Morgan fingerprint density at radius 1 is 1.44 bits per heavy atom. The highest BCUT2D eigenvalue weighted by atomic mass is 16.5. The van der Waals surface area contributed by atoms with Crippen LogP contribution in [0, 0.1) is 17.2 Å². The maximum absolute atomic E-state index is 10.4. The molecular weight excluding hydrogens is 226 g/mol. The lowest BCUT2D eigenvalue weighted by atomic mass is 9.80. The molecule has 0 radical (unpaired) electrons. The van der Waals surface area contributed by atoms with E-state index in [1.165, 1.54) is 0 Å². The summed E-state index contributed by atoms with van der Waals surface area (Å²) in [5.41, 5.74) is -0.119. The molecule has 0 atom stereocenters. The monoisotopic (exact) mass is 245 g/mol. The molecule has 0 amide bonds. The van der Waals surface area contributed by atoms with E-state index in [0.29, 0.717) is 23.8 Å². The van der Waals surface area contributed by atoms with Gasteiger partial charge in [0, 0.05) is 0 Å². The van der Waals surface area contributed by atoms with Crippen molar-refractivity contribution in [3.8, 4) is 11.8 Å². The van der Waals surface area contributed by atoms with Crippen LogP contribution >= 0.6 is 0 Å². The van der Waals surface area contributed by atoms with Gasteiger partial charge in [-0.3, -0.25) is 0 Å². The maximum Gasteiger partial charge on any atom is 0.120 e. The zero-order valence-corrected chi connectivity index (χ0v) is 10.7. The zero-order valence-electron chi connectivity index (χ0n) is 10.7. The topological polar surface area (TPSA) is 53.2 Å². The normalized spacial score (nSPS) is 27.5. The van der Waals surface area contributed by atoms with E-state index in [9.17, 15) is 5.11 Å². The minimum absolute atomic E-state index is 0.314. The van der Waals surface area contributed by atoms with Gasteiger partial charge in [-0.25, -0.2) is 0 Å². The van der Waals surface area contributed by atoms with E-state index in [2.05, 4.69) is 13.0 Å². The highest BCUT2D eigenvalue weighted by molar-refractivity contribution is 5.36. The van der Waals surface area contributed by atoms with Gasteiger partial charge >= 0.3 is 0 Å². The maximum atomic E-state index is 10.4. The Morgan fingerprint density at radius 2 is 2.17 bits per heavy atom. The summed E-state index contributed by atoms with van der Waals surface area (Å²) in [6.07, 6.45) is 3.70. The van der Waals surface area contributed by atoms with Gasteiger partial charge in [-0.05, 0) is 49.8 Å². The van der Waals surface area contributed by atoms with Gasteiger partial charge in [0.05, 0.1) is 17.2 Å². The highest BCUT2D eigenvalue weighted by Gasteiger charge is 2.32. The molecule has 0 aliphatic heterocycles. The van der Waals surface area contributed by atoms with Crippen molar-refractivity contribution in [2.24, 2.45) is 5.92 Å². The fourth-order valence-corrected chi connectivity index (χ4v) is 2.32. The molecule has 0 bridgehead atoms. The molecular formula is C15H19NO2. The molecule has 0 heterocycles. The molecule has 0 unspecified atom stereocenters.